The van der Waals surface area contributed by atoms with E-state index in [9.17, 15) is 4.79 Å². The largest absolute Gasteiger partial charge is 0.494 e. The van der Waals surface area contributed by atoms with Crippen LogP contribution in [-0.4, -0.2) is 67.8 Å². The van der Waals surface area contributed by atoms with Gasteiger partial charge in [-0.25, -0.2) is 9.97 Å². The molecule has 132 valence electrons. The molecule has 1 aromatic rings. The Balaban J connectivity index is 1.70. The van der Waals surface area contributed by atoms with Crippen molar-refractivity contribution in [2.24, 2.45) is 5.41 Å². The molecule has 1 spiro atoms. The zero-order valence-electron chi connectivity index (χ0n) is 14.5. The van der Waals surface area contributed by atoms with Crippen molar-refractivity contribution in [2.75, 3.05) is 51.9 Å². The number of methoxy groups -OCH3 is 2. The quantitative estimate of drug-likeness (QED) is 0.809. The Morgan fingerprint density at radius 1 is 1.21 bits per heavy atom. The molecule has 7 nitrogen and oxygen atoms in total. The summed E-state index contributed by atoms with van der Waals surface area (Å²) in [5.74, 6) is 1.66. The summed E-state index contributed by atoms with van der Waals surface area (Å²) < 4.78 is 10.3. The molecule has 3 rings (SSSR count). The lowest BCUT2D eigenvalue weighted by Crippen LogP contribution is -2.54. The van der Waals surface area contributed by atoms with Crippen LogP contribution in [0.15, 0.2) is 12.4 Å². The van der Waals surface area contributed by atoms with E-state index < -0.39 is 0 Å². The Bertz CT molecular complexity index is 565. The fraction of sp³-hybridized carbons (Fsp3) is 0.706. The first kappa shape index (κ1) is 17.0. The van der Waals surface area contributed by atoms with Crippen molar-refractivity contribution in [1.82, 2.24) is 14.9 Å². The molecule has 1 unspecified atom stereocenters. The van der Waals surface area contributed by atoms with Crippen molar-refractivity contribution >= 4 is 11.9 Å². The summed E-state index contributed by atoms with van der Waals surface area (Å²) in [6, 6.07) is 0. The van der Waals surface area contributed by atoms with Gasteiger partial charge in [-0.1, -0.05) is 0 Å². The maximum absolute atomic E-state index is 12.2. The van der Waals surface area contributed by atoms with Crippen molar-refractivity contribution in [3.63, 3.8) is 0 Å². The number of aromatic nitrogens is 2. The van der Waals surface area contributed by atoms with Gasteiger partial charge in [-0.2, -0.15) is 0 Å². The molecule has 7 heteroatoms. The van der Waals surface area contributed by atoms with Gasteiger partial charge in [-0.3, -0.25) is 4.79 Å². The Hall–Kier alpha value is -1.89. The molecular formula is C17H26N4O3. The van der Waals surface area contributed by atoms with E-state index in [0.717, 1.165) is 44.8 Å². The van der Waals surface area contributed by atoms with E-state index in [4.69, 9.17) is 9.47 Å². The lowest BCUT2D eigenvalue weighted by molar-refractivity contribution is -0.138. The molecular weight excluding hydrogens is 308 g/mol. The highest BCUT2D eigenvalue weighted by molar-refractivity contribution is 5.77. The van der Waals surface area contributed by atoms with E-state index in [1.54, 1.807) is 26.6 Å². The van der Waals surface area contributed by atoms with E-state index in [-0.39, 0.29) is 11.3 Å². The predicted octanol–water partition coefficient (Wildman–Crippen LogP) is 1.34. The molecule has 0 bridgehead atoms. The zero-order chi connectivity index (χ0) is 17.0. The number of ether oxygens (including phenoxy) is 2. The van der Waals surface area contributed by atoms with Crippen LogP contribution in [0.3, 0.4) is 0 Å². The first-order chi connectivity index (χ1) is 11.7. The fourth-order valence-corrected chi connectivity index (χ4v) is 3.80. The summed E-state index contributed by atoms with van der Waals surface area (Å²) in [7, 11) is 3.29. The van der Waals surface area contributed by atoms with Crippen LogP contribution in [0.2, 0.25) is 0 Å². The van der Waals surface area contributed by atoms with Crippen LogP contribution in [0.4, 0.5) is 5.95 Å². The molecule has 1 aromatic heterocycles. The Morgan fingerprint density at radius 2 is 2.00 bits per heavy atom. The topological polar surface area (TPSA) is 67.8 Å². The first-order valence-corrected chi connectivity index (χ1v) is 8.53. The summed E-state index contributed by atoms with van der Waals surface area (Å²) >= 11 is 0. The number of carbonyl (C=O) groups is 1. The minimum Gasteiger partial charge on any atom is -0.494 e. The maximum atomic E-state index is 12.2. The van der Waals surface area contributed by atoms with Crippen LogP contribution in [-0.2, 0) is 9.53 Å². The summed E-state index contributed by atoms with van der Waals surface area (Å²) in [5, 5.41) is 0. The monoisotopic (exact) mass is 334 g/mol. The Labute approximate surface area is 143 Å². The summed E-state index contributed by atoms with van der Waals surface area (Å²) in [4.78, 5) is 25.2. The highest BCUT2D eigenvalue weighted by Gasteiger charge is 2.42. The Kier molecular flexibility index (Phi) is 5.18. The van der Waals surface area contributed by atoms with Gasteiger partial charge in [0.25, 0.3) is 0 Å². The van der Waals surface area contributed by atoms with Gasteiger partial charge in [0.15, 0.2) is 5.75 Å². The number of anilines is 1. The summed E-state index contributed by atoms with van der Waals surface area (Å²) in [6.07, 6.45) is 7.24. The third-order valence-corrected chi connectivity index (χ3v) is 5.11. The van der Waals surface area contributed by atoms with Crippen molar-refractivity contribution in [2.45, 2.75) is 25.7 Å². The second kappa shape index (κ2) is 7.34. The smallest absolute Gasteiger partial charge is 0.225 e. The van der Waals surface area contributed by atoms with Gasteiger partial charge in [0.1, 0.15) is 0 Å². The molecule has 0 radical (unpaired) electrons. The number of hydrogen-bond acceptors (Lipinski definition) is 6. The fourth-order valence-electron chi connectivity index (χ4n) is 3.80. The minimum absolute atomic E-state index is 0.142. The molecule has 0 N–H and O–H groups in total. The Morgan fingerprint density at radius 3 is 2.71 bits per heavy atom. The number of nitrogens with zero attached hydrogens (tertiary/aromatic N) is 4. The number of hydrogen-bond donors (Lipinski definition) is 0. The van der Waals surface area contributed by atoms with E-state index in [0.29, 0.717) is 25.3 Å². The van der Waals surface area contributed by atoms with Crippen LogP contribution in [0.25, 0.3) is 0 Å². The molecule has 2 saturated heterocycles. The van der Waals surface area contributed by atoms with Crippen molar-refractivity contribution < 1.29 is 14.3 Å². The second-order valence-corrected chi connectivity index (χ2v) is 6.76. The number of rotatable bonds is 5. The van der Waals surface area contributed by atoms with Crippen molar-refractivity contribution in [3.05, 3.63) is 12.4 Å². The molecule has 3 heterocycles. The summed E-state index contributed by atoms with van der Waals surface area (Å²) in [6.45, 7) is 3.93. The number of carbonyl (C=O) groups excluding carboxylic acids is 1. The van der Waals surface area contributed by atoms with Gasteiger partial charge in [0, 0.05) is 45.1 Å². The average Bonchev–Trinajstić information content (AvgIpc) is 2.63. The first-order valence-electron chi connectivity index (χ1n) is 8.53. The average molecular weight is 334 g/mol. The SMILES string of the molecule is COCCN1CC2(CCCN(c3ncc(OC)cn3)C2)CCC1=O. The molecule has 0 aliphatic carbocycles. The third kappa shape index (κ3) is 3.61. The molecule has 2 aliphatic heterocycles. The van der Waals surface area contributed by atoms with Crippen LogP contribution in [0.1, 0.15) is 25.7 Å². The van der Waals surface area contributed by atoms with Gasteiger partial charge in [0.05, 0.1) is 26.1 Å². The van der Waals surface area contributed by atoms with Crippen LogP contribution < -0.4 is 9.64 Å². The van der Waals surface area contributed by atoms with Gasteiger partial charge in [0.2, 0.25) is 11.9 Å². The molecule has 2 fully saturated rings. The molecule has 24 heavy (non-hydrogen) atoms. The summed E-state index contributed by atoms with van der Waals surface area (Å²) in [5.41, 5.74) is 0.142. The number of likely N-dealkylation sites (tertiary alicyclic amines) is 1. The van der Waals surface area contributed by atoms with Crippen molar-refractivity contribution in [1.29, 1.82) is 0 Å². The normalized spacial score (nSPS) is 24.5. The van der Waals surface area contributed by atoms with Crippen molar-refractivity contribution in [3.8, 4) is 5.75 Å². The lowest BCUT2D eigenvalue weighted by atomic mass is 9.73. The lowest BCUT2D eigenvalue weighted by Gasteiger charge is -2.48. The maximum Gasteiger partial charge on any atom is 0.225 e. The number of piperidine rings is 2. The third-order valence-electron chi connectivity index (χ3n) is 5.11. The van der Waals surface area contributed by atoms with Crippen LogP contribution in [0.5, 0.6) is 5.75 Å². The predicted molar refractivity (Wildman–Crippen MR) is 90.2 cm³/mol. The molecule has 0 aromatic carbocycles. The standard InChI is InChI=1S/C17H26N4O3/c1-23-9-8-20-12-17(6-4-15(20)22)5-3-7-21(13-17)16-18-10-14(24-2)11-19-16/h10-11H,3-9,12-13H2,1-2H3. The zero-order valence-corrected chi connectivity index (χ0v) is 14.5. The molecule has 1 atom stereocenters. The van der Waals surface area contributed by atoms with E-state index in [1.165, 1.54) is 0 Å². The van der Waals surface area contributed by atoms with E-state index in [1.807, 2.05) is 4.90 Å². The van der Waals surface area contributed by atoms with Gasteiger partial charge in [-0.05, 0) is 19.3 Å². The highest BCUT2D eigenvalue weighted by atomic mass is 16.5. The van der Waals surface area contributed by atoms with Gasteiger partial charge >= 0.3 is 0 Å². The van der Waals surface area contributed by atoms with Crippen LogP contribution >= 0.6 is 0 Å². The van der Waals surface area contributed by atoms with Crippen LogP contribution in [0, 0.1) is 5.41 Å². The molecule has 1 amide bonds. The van der Waals surface area contributed by atoms with E-state index >= 15 is 0 Å². The minimum atomic E-state index is 0.142. The highest BCUT2D eigenvalue weighted by Crippen LogP contribution is 2.39. The van der Waals surface area contributed by atoms with E-state index in [2.05, 4.69) is 14.9 Å². The molecule has 0 saturated carbocycles. The van der Waals surface area contributed by atoms with Gasteiger partial charge < -0.3 is 19.3 Å². The van der Waals surface area contributed by atoms with Gasteiger partial charge in [-0.15, -0.1) is 0 Å². The molecule has 2 aliphatic rings. The number of amides is 1. The second-order valence-electron chi connectivity index (χ2n) is 6.76.